The van der Waals surface area contributed by atoms with E-state index in [1.165, 1.54) is 5.56 Å². The average Bonchev–Trinajstić information content (AvgIpc) is 3.20. The molecule has 2 aliphatic rings. The van der Waals surface area contributed by atoms with Crippen molar-refractivity contribution < 1.29 is 13.2 Å². The molecule has 0 saturated carbocycles. The lowest BCUT2D eigenvalue weighted by Crippen LogP contribution is -2.49. The number of sulfone groups is 1. The van der Waals surface area contributed by atoms with Crippen molar-refractivity contribution in [2.45, 2.75) is 39.7 Å². The van der Waals surface area contributed by atoms with E-state index in [9.17, 15) is 13.2 Å². The summed E-state index contributed by atoms with van der Waals surface area (Å²) in [5.74, 6) is 0.587. The van der Waals surface area contributed by atoms with Gasteiger partial charge in [-0.05, 0) is 32.8 Å². The van der Waals surface area contributed by atoms with E-state index < -0.39 is 9.84 Å². The molecule has 8 heteroatoms. The summed E-state index contributed by atoms with van der Waals surface area (Å²) in [5, 5.41) is 4.68. The topological polar surface area (TPSA) is 75.5 Å². The SMILES string of the molecule is Cc1cccc(CC(=O)N2CCN(c3c(C)nn(C4CCS(=O)(=O)C4)c3C)CC2)c1. The van der Waals surface area contributed by atoms with Crippen molar-refractivity contribution in [1.29, 1.82) is 0 Å². The summed E-state index contributed by atoms with van der Waals surface area (Å²) in [5.41, 5.74) is 5.26. The Bertz CT molecular complexity index is 1050. The van der Waals surface area contributed by atoms with Gasteiger partial charge < -0.3 is 9.80 Å². The van der Waals surface area contributed by atoms with Crippen molar-refractivity contribution in [2.75, 3.05) is 42.6 Å². The number of piperazine rings is 1. The first-order chi connectivity index (χ1) is 14.2. The highest BCUT2D eigenvalue weighted by molar-refractivity contribution is 7.91. The molecule has 0 spiro atoms. The Hall–Kier alpha value is -2.35. The fourth-order valence-electron chi connectivity index (χ4n) is 4.72. The van der Waals surface area contributed by atoms with Crippen LogP contribution in [0.5, 0.6) is 0 Å². The number of anilines is 1. The number of hydrogen-bond acceptors (Lipinski definition) is 5. The van der Waals surface area contributed by atoms with Crippen LogP contribution in [-0.4, -0.2) is 66.7 Å². The van der Waals surface area contributed by atoms with E-state index in [2.05, 4.69) is 16.1 Å². The normalized spacial score (nSPS) is 21.2. The zero-order chi connectivity index (χ0) is 21.5. The van der Waals surface area contributed by atoms with Crippen LogP contribution >= 0.6 is 0 Å². The molecule has 30 heavy (non-hydrogen) atoms. The van der Waals surface area contributed by atoms with Crippen LogP contribution in [0.1, 0.15) is 35.0 Å². The van der Waals surface area contributed by atoms with E-state index in [0.29, 0.717) is 25.9 Å². The van der Waals surface area contributed by atoms with Gasteiger partial charge in [0, 0.05) is 26.2 Å². The van der Waals surface area contributed by atoms with Gasteiger partial charge in [0.05, 0.1) is 41.0 Å². The summed E-state index contributed by atoms with van der Waals surface area (Å²) in [6.07, 6.45) is 1.07. The van der Waals surface area contributed by atoms with Crippen molar-refractivity contribution >= 4 is 21.4 Å². The maximum atomic E-state index is 12.7. The summed E-state index contributed by atoms with van der Waals surface area (Å²) < 4.78 is 25.7. The van der Waals surface area contributed by atoms with Gasteiger partial charge in [-0.2, -0.15) is 5.10 Å². The van der Waals surface area contributed by atoms with Crippen LogP contribution in [0.25, 0.3) is 0 Å². The Morgan fingerprint density at radius 1 is 1.13 bits per heavy atom. The lowest BCUT2D eigenvalue weighted by molar-refractivity contribution is -0.130. The maximum absolute atomic E-state index is 12.7. The van der Waals surface area contributed by atoms with Crippen molar-refractivity contribution in [1.82, 2.24) is 14.7 Å². The van der Waals surface area contributed by atoms with E-state index in [4.69, 9.17) is 0 Å². The molecule has 3 heterocycles. The first kappa shape index (κ1) is 20.9. The number of nitrogens with zero attached hydrogens (tertiary/aromatic N) is 4. The molecule has 1 aromatic heterocycles. The number of aryl methyl sites for hydroxylation is 2. The Morgan fingerprint density at radius 2 is 1.87 bits per heavy atom. The Labute approximate surface area is 178 Å². The molecule has 1 aromatic carbocycles. The predicted octanol–water partition coefficient (Wildman–Crippen LogP) is 2.06. The Morgan fingerprint density at radius 3 is 2.50 bits per heavy atom. The Balaban J connectivity index is 1.41. The van der Waals surface area contributed by atoms with Crippen LogP contribution in [0, 0.1) is 20.8 Å². The second-order valence-corrected chi connectivity index (χ2v) is 10.8. The van der Waals surface area contributed by atoms with Crippen LogP contribution in [0.2, 0.25) is 0 Å². The molecule has 0 aliphatic carbocycles. The van der Waals surface area contributed by atoms with Gasteiger partial charge in [-0.15, -0.1) is 0 Å². The largest absolute Gasteiger partial charge is 0.365 e. The average molecular weight is 431 g/mol. The molecule has 2 saturated heterocycles. The molecular formula is C22H30N4O3S. The third-order valence-electron chi connectivity index (χ3n) is 6.23. The van der Waals surface area contributed by atoms with Crippen LogP contribution in [-0.2, 0) is 21.1 Å². The third-order valence-corrected chi connectivity index (χ3v) is 7.98. The van der Waals surface area contributed by atoms with Crippen molar-refractivity contribution in [3.63, 3.8) is 0 Å². The van der Waals surface area contributed by atoms with Gasteiger partial charge in [0.1, 0.15) is 0 Å². The standard InChI is InChI=1S/C22H30N4O3S/c1-16-5-4-6-19(13-16)14-21(27)24-8-10-25(11-9-24)22-17(2)23-26(18(22)3)20-7-12-30(28,29)15-20/h4-6,13,20H,7-12,14-15H2,1-3H3. The number of carbonyl (C=O) groups is 1. The monoisotopic (exact) mass is 430 g/mol. The molecule has 2 aliphatic heterocycles. The third kappa shape index (κ3) is 4.24. The highest BCUT2D eigenvalue weighted by Crippen LogP contribution is 2.31. The molecule has 0 radical (unpaired) electrons. The predicted molar refractivity (Wildman–Crippen MR) is 118 cm³/mol. The Kier molecular flexibility index (Phi) is 5.61. The van der Waals surface area contributed by atoms with Gasteiger partial charge in [0.25, 0.3) is 0 Å². The second kappa shape index (κ2) is 8.06. The van der Waals surface area contributed by atoms with Gasteiger partial charge in [-0.1, -0.05) is 29.8 Å². The van der Waals surface area contributed by atoms with Crippen LogP contribution in [0.3, 0.4) is 0 Å². The summed E-state index contributed by atoms with van der Waals surface area (Å²) in [6, 6.07) is 8.04. The molecule has 0 bridgehead atoms. The lowest BCUT2D eigenvalue weighted by Gasteiger charge is -2.36. The second-order valence-electron chi connectivity index (χ2n) is 8.55. The molecule has 1 unspecified atom stereocenters. The summed E-state index contributed by atoms with van der Waals surface area (Å²) in [6.45, 7) is 8.94. The molecule has 1 atom stereocenters. The van der Waals surface area contributed by atoms with Crippen LogP contribution in [0.4, 0.5) is 5.69 Å². The molecule has 7 nitrogen and oxygen atoms in total. The van der Waals surface area contributed by atoms with E-state index in [1.54, 1.807) is 0 Å². The minimum atomic E-state index is -2.95. The van der Waals surface area contributed by atoms with E-state index >= 15 is 0 Å². The zero-order valence-corrected chi connectivity index (χ0v) is 18.8. The highest BCUT2D eigenvalue weighted by Gasteiger charge is 2.33. The minimum absolute atomic E-state index is 0.0698. The fourth-order valence-corrected chi connectivity index (χ4v) is 6.42. The van der Waals surface area contributed by atoms with Gasteiger partial charge in [0.2, 0.25) is 5.91 Å². The number of amides is 1. The quantitative estimate of drug-likeness (QED) is 0.742. The van der Waals surface area contributed by atoms with E-state index in [0.717, 1.165) is 35.7 Å². The van der Waals surface area contributed by atoms with Gasteiger partial charge in [0.15, 0.2) is 9.84 Å². The number of carbonyl (C=O) groups excluding carboxylic acids is 1. The first-order valence-electron chi connectivity index (χ1n) is 10.6. The fraction of sp³-hybridized carbons (Fsp3) is 0.545. The molecule has 162 valence electrons. The smallest absolute Gasteiger partial charge is 0.227 e. The van der Waals surface area contributed by atoms with Crippen molar-refractivity contribution in [3.8, 4) is 0 Å². The molecule has 1 amide bonds. The lowest BCUT2D eigenvalue weighted by atomic mass is 10.1. The summed E-state index contributed by atoms with van der Waals surface area (Å²) in [7, 11) is -2.95. The number of hydrogen-bond donors (Lipinski definition) is 0. The molecule has 4 rings (SSSR count). The zero-order valence-electron chi connectivity index (χ0n) is 18.0. The minimum Gasteiger partial charge on any atom is -0.365 e. The summed E-state index contributed by atoms with van der Waals surface area (Å²) >= 11 is 0. The van der Waals surface area contributed by atoms with Crippen LogP contribution < -0.4 is 4.90 Å². The molecule has 0 N–H and O–H groups in total. The maximum Gasteiger partial charge on any atom is 0.227 e. The first-order valence-corrected chi connectivity index (χ1v) is 12.4. The van der Waals surface area contributed by atoms with E-state index in [1.807, 2.05) is 48.6 Å². The molecule has 2 fully saturated rings. The number of rotatable bonds is 4. The van der Waals surface area contributed by atoms with Crippen molar-refractivity contribution in [2.24, 2.45) is 0 Å². The summed E-state index contributed by atoms with van der Waals surface area (Å²) in [4.78, 5) is 17.0. The highest BCUT2D eigenvalue weighted by atomic mass is 32.2. The number of benzene rings is 1. The van der Waals surface area contributed by atoms with Crippen LogP contribution in [0.15, 0.2) is 24.3 Å². The van der Waals surface area contributed by atoms with Gasteiger partial charge >= 0.3 is 0 Å². The number of aromatic nitrogens is 2. The van der Waals surface area contributed by atoms with Gasteiger partial charge in [-0.3, -0.25) is 9.48 Å². The van der Waals surface area contributed by atoms with Gasteiger partial charge in [-0.25, -0.2) is 8.42 Å². The van der Waals surface area contributed by atoms with E-state index in [-0.39, 0.29) is 23.5 Å². The van der Waals surface area contributed by atoms with Crippen molar-refractivity contribution in [3.05, 3.63) is 46.8 Å². The molecule has 2 aromatic rings. The molecular weight excluding hydrogens is 400 g/mol.